The van der Waals surface area contributed by atoms with Gasteiger partial charge in [-0.25, -0.2) is 0 Å². The van der Waals surface area contributed by atoms with Crippen molar-refractivity contribution in [2.45, 2.75) is 19.9 Å². The summed E-state index contributed by atoms with van der Waals surface area (Å²) < 4.78 is 21.7. The van der Waals surface area contributed by atoms with E-state index in [2.05, 4.69) is 13.0 Å². The van der Waals surface area contributed by atoms with E-state index < -0.39 is 8.80 Å². The van der Waals surface area contributed by atoms with E-state index in [1.807, 2.05) is 13.0 Å². The number of rotatable bonds is 6. The van der Waals surface area contributed by atoms with E-state index in [1.54, 1.807) is 28.4 Å². The van der Waals surface area contributed by atoms with Crippen molar-refractivity contribution in [3.05, 3.63) is 28.8 Å². The first kappa shape index (κ1) is 15.2. The summed E-state index contributed by atoms with van der Waals surface area (Å²) in [4.78, 5) is 0. The standard InChI is InChI=1S/C13H22O4Si/c1-10-7-11(2)13(14-3)8-12(10)9-18(15-4,16-5)17-6/h7-8H,9H2,1-6H3. The minimum Gasteiger partial charge on any atom is -0.496 e. The highest BCUT2D eigenvalue weighted by Crippen LogP contribution is 2.25. The number of aryl methyl sites for hydroxylation is 2. The molecule has 0 bridgehead atoms. The summed E-state index contributed by atoms with van der Waals surface area (Å²) in [6.45, 7) is 4.10. The Morgan fingerprint density at radius 1 is 0.889 bits per heavy atom. The third-order valence-electron chi connectivity index (χ3n) is 3.19. The second kappa shape index (κ2) is 6.33. The fraction of sp³-hybridized carbons (Fsp3) is 0.538. The molecule has 18 heavy (non-hydrogen) atoms. The van der Waals surface area contributed by atoms with Gasteiger partial charge in [0.15, 0.2) is 0 Å². The molecule has 1 rings (SSSR count). The third kappa shape index (κ3) is 3.11. The van der Waals surface area contributed by atoms with Gasteiger partial charge in [-0.2, -0.15) is 0 Å². The Morgan fingerprint density at radius 2 is 1.44 bits per heavy atom. The topological polar surface area (TPSA) is 36.9 Å². The summed E-state index contributed by atoms with van der Waals surface area (Å²) in [5, 5.41) is 0. The van der Waals surface area contributed by atoms with Gasteiger partial charge in [-0.05, 0) is 36.6 Å². The Kier molecular flexibility index (Phi) is 5.34. The molecule has 0 spiro atoms. The van der Waals surface area contributed by atoms with Crippen molar-refractivity contribution in [2.24, 2.45) is 0 Å². The van der Waals surface area contributed by atoms with E-state index in [4.69, 9.17) is 18.0 Å². The predicted octanol–water partition coefficient (Wildman–Crippen LogP) is 2.27. The van der Waals surface area contributed by atoms with Crippen LogP contribution in [0.25, 0.3) is 0 Å². The largest absolute Gasteiger partial charge is 0.504 e. The van der Waals surface area contributed by atoms with Gasteiger partial charge in [0, 0.05) is 27.4 Å². The summed E-state index contributed by atoms with van der Waals surface area (Å²) in [6.07, 6.45) is 0. The summed E-state index contributed by atoms with van der Waals surface area (Å²) in [6, 6.07) is 4.77. The number of ether oxygens (including phenoxy) is 1. The lowest BCUT2D eigenvalue weighted by atomic mass is 10.1. The zero-order valence-electron chi connectivity index (χ0n) is 12.0. The number of methoxy groups -OCH3 is 1. The summed E-state index contributed by atoms with van der Waals surface area (Å²) in [7, 11) is 3.95. The number of hydrogen-bond donors (Lipinski definition) is 0. The molecule has 0 N–H and O–H groups in total. The van der Waals surface area contributed by atoms with Crippen LogP contribution in [0.3, 0.4) is 0 Å². The van der Waals surface area contributed by atoms with Gasteiger partial charge in [-0.1, -0.05) is 6.07 Å². The van der Waals surface area contributed by atoms with Crippen LogP contribution in [0.1, 0.15) is 16.7 Å². The Balaban J connectivity index is 3.10. The van der Waals surface area contributed by atoms with Crippen LogP contribution in [-0.4, -0.2) is 37.2 Å². The molecule has 0 radical (unpaired) electrons. The van der Waals surface area contributed by atoms with Gasteiger partial charge < -0.3 is 18.0 Å². The van der Waals surface area contributed by atoms with Gasteiger partial charge in [-0.15, -0.1) is 0 Å². The van der Waals surface area contributed by atoms with Crippen molar-refractivity contribution in [2.75, 3.05) is 28.4 Å². The smallest absolute Gasteiger partial charge is 0.496 e. The van der Waals surface area contributed by atoms with Crippen LogP contribution in [0.4, 0.5) is 0 Å². The van der Waals surface area contributed by atoms with Crippen molar-refractivity contribution in [3.63, 3.8) is 0 Å². The van der Waals surface area contributed by atoms with Crippen LogP contribution < -0.4 is 4.74 Å². The van der Waals surface area contributed by atoms with E-state index in [9.17, 15) is 0 Å². The van der Waals surface area contributed by atoms with Crippen molar-refractivity contribution >= 4 is 8.80 Å². The van der Waals surface area contributed by atoms with E-state index >= 15 is 0 Å². The zero-order valence-corrected chi connectivity index (χ0v) is 13.0. The van der Waals surface area contributed by atoms with Crippen LogP contribution in [0.2, 0.25) is 0 Å². The van der Waals surface area contributed by atoms with Crippen molar-refractivity contribution in [1.82, 2.24) is 0 Å². The lowest BCUT2D eigenvalue weighted by Crippen LogP contribution is -2.45. The van der Waals surface area contributed by atoms with Gasteiger partial charge in [0.25, 0.3) is 0 Å². The van der Waals surface area contributed by atoms with E-state index in [0.29, 0.717) is 6.04 Å². The molecule has 4 nitrogen and oxygen atoms in total. The van der Waals surface area contributed by atoms with Crippen molar-refractivity contribution < 1.29 is 18.0 Å². The monoisotopic (exact) mass is 270 g/mol. The summed E-state index contributed by atoms with van der Waals surface area (Å²) >= 11 is 0. The highest BCUT2D eigenvalue weighted by Gasteiger charge is 2.38. The van der Waals surface area contributed by atoms with Crippen LogP contribution in [0.15, 0.2) is 12.1 Å². The van der Waals surface area contributed by atoms with Crippen LogP contribution in [0.5, 0.6) is 5.75 Å². The normalized spacial score (nSPS) is 11.7. The highest BCUT2D eigenvalue weighted by atomic mass is 28.4. The molecule has 102 valence electrons. The van der Waals surface area contributed by atoms with Crippen LogP contribution in [0, 0.1) is 13.8 Å². The molecule has 0 saturated heterocycles. The molecule has 1 aromatic carbocycles. The maximum Gasteiger partial charge on any atom is 0.504 e. The fourth-order valence-electron chi connectivity index (χ4n) is 1.98. The average Bonchev–Trinajstić information content (AvgIpc) is 2.38. The number of hydrogen-bond acceptors (Lipinski definition) is 4. The van der Waals surface area contributed by atoms with Gasteiger partial charge >= 0.3 is 8.80 Å². The summed E-state index contributed by atoms with van der Waals surface area (Å²) in [5.74, 6) is 0.877. The molecule has 0 aromatic heterocycles. The van der Waals surface area contributed by atoms with Gasteiger partial charge in [0.1, 0.15) is 5.75 Å². The fourth-order valence-corrected chi connectivity index (χ4v) is 3.77. The third-order valence-corrected chi connectivity index (χ3v) is 5.87. The van der Waals surface area contributed by atoms with E-state index in [1.165, 1.54) is 5.56 Å². The first-order valence-electron chi connectivity index (χ1n) is 5.81. The van der Waals surface area contributed by atoms with E-state index in [0.717, 1.165) is 16.9 Å². The minimum atomic E-state index is -2.60. The highest BCUT2D eigenvalue weighted by molar-refractivity contribution is 6.60. The maximum atomic E-state index is 5.45. The zero-order chi connectivity index (χ0) is 13.8. The molecule has 0 fully saturated rings. The average molecular weight is 270 g/mol. The second-order valence-corrected chi connectivity index (χ2v) is 7.16. The molecule has 0 atom stereocenters. The van der Waals surface area contributed by atoms with Crippen molar-refractivity contribution in [3.8, 4) is 5.75 Å². The SMILES string of the molecule is COc1cc(C[Si](OC)(OC)OC)c(C)cc1C. The van der Waals surface area contributed by atoms with Gasteiger partial charge in [0.2, 0.25) is 0 Å². The Hall–Kier alpha value is -0.883. The molecule has 0 aliphatic rings. The molecule has 5 heteroatoms. The van der Waals surface area contributed by atoms with Gasteiger partial charge in [-0.3, -0.25) is 0 Å². The van der Waals surface area contributed by atoms with E-state index in [-0.39, 0.29) is 0 Å². The Labute approximate surface area is 110 Å². The maximum absolute atomic E-state index is 5.45. The molecule has 0 aliphatic carbocycles. The Morgan fingerprint density at radius 3 is 1.89 bits per heavy atom. The molecule has 1 aromatic rings. The molecule has 0 heterocycles. The number of benzene rings is 1. The first-order valence-corrected chi connectivity index (χ1v) is 7.74. The first-order chi connectivity index (χ1) is 8.51. The second-order valence-electron chi connectivity index (χ2n) is 4.22. The van der Waals surface area contributed by atoms with Gasteiger partial charge in [0.05, 0.1) is 7.11 Å². The lowest BCUT2D eigenvalue weighted by molar-refractivity contribution is 0.122. The molecule has 0 aliphatic heterocycles. The van der Waals surface area contributed by atoms with Crippen molar-refractivity contribution in [1.29, 1.82) is 0 Å². The molecule has 0 saturated carbocycles. The minimum absolute atomic E-state index is 0.638. The molecular formula is C13H22O4Si. The molecular weight excluding hydrogens is 248 g/mol. The quantitative estimate of drug-likeness (QED) is 0.743. The molecule has 0 amide bonds. The van der Waals surface area contributed by atoms with Crippen LogP contribution >= 0.6 is 0 Å². The lowest BCUT2D eigenvalue weighted by Gasteiger charge is -2.25. The molecule has 0 unspecified atom stereocenters. The van der Waals surface area contributed by atoms with Crippen LogP contribution in [-0.2, 0) is 19.3 Å². The Bertz CT molecular complexity index is 394. The summed E-state index contributed by atoms with van der Waals surface area (Å²) in [5.41, 5.74) is 3.45. The predicted molar refractivity (Wildman–Crippen MR) is 73.0 cm³/mol.